The average molecular weight is 282 g/mol. The summed E-state index contributed by atoms with van der Waals surface area (Å²) >= 11 is 0. The third-order valence-corrected chi connectivity index (χ3v) is 4.60. The Morgan fingerprint density at radius 1 is 1.15 bits per heavy atom. The van der Waals surface area contributed by atoms with Crippen LogP contribution in [0.4, 0.5) is 4.79 Å². The van der Waals surface area contributed by atoms with Gasteiger partial charge >= 0.3 is 6.09 Å². The van der Waals surface area contributed by atoms with Crippen LogP contribution in [0.5, 0.6) is 0 Å². The molecule has 2 rings (SSSR count). The summed E-state index contributed by atoms with van der Waals surface area (Å²) in [5, 5.41) is 3.09. The number of carbonyl (C=O) groups is 1. The van der Waals surface area contributed by atoms with Gasteiger partial charge in [0.15, 0.2) is 0 Å². The lowest BCUT2D eigenvalue weighted by atomic mass is 9.92. The van der Waals surface area contributed by atoms with Gasteiger partial charge in [-0.15, -0.1) is 0 Å². The number of rotatable bonds is 5. The molecular weight excluding hydrogens is 252 g/mol. The van der Waals surface area contributed by atoms with Crippen LogP contribution in [-0.2, 0) is 4.74 Å². The van der Waals surface area contributed by atoms with Crippen LogP contribution in [0.25, 0.3) is 0 Å². The third kappa shape index (κ3) is 4.65. The van der Waals surface area contributed by atoms with E-state index in [-0.39, 0.29) is 12.3 Å². The Balaban J connectivity index is 1.81. The zero-order chi connectivity index (χ0) is 14.2. The zero-order valence-electron chi connectivity index (χ0n) is 12.9. The van der Waals surface area contributed by atoms with Crippen LogP contribution in [0.1, 0.15) is 71.1 Å². The van der Waals surface area contributed by atoms with Gasteiger partial charge in [0.05, 0.1) is 12.8 Å². The van der Waals surface area contributed by atoms with Gasteiger partial charge in [-0.3, -0.25) is 4.90 Å². The molecule has 0 aromatic carbocycles. The molecule has 0 aromatic rings. The molecule has 1 unspecified atom stereocenters. The van der Waals surface area contributed by atoms with E-state index >= 15 is 0 Å². The molecule has 0 radical (unpaired) electrons. The van der Waals surface area contributed by atoms with Gasteiger partial charge in [0.25, 0.3) is 0 Å². The van der Waals surface area contributed by atoms with Gasteiger partial charge < -0.3 is 10.1 Å². The van der Waals surface area contributed by atoms with Gasteiger partial charge in [-0.1, -0.05) is 32.6 Å². The SMILES string of the molecule is CCCCOC(=O)NC1CCCCN1C1CCCCC1. The molecule has 0 aromatic heterocycles. The summed E-state index contributed by atoms with van der Waals surface area (Å²) in [5.74, 6) is 0. The van der Waals surface area contributed by atoms with Crippen LogP contribution < -0.4 is 5.32 Å². The predicted molar refractivity (Wildman–Crippen MR) is 80.6 cm³/mol. The Morgan fingerprint density at radius 3 is 2.65 bits per heavy atom. The van der Waals surface area contributed by atoms with E-state index in [9.17, 15) is 4.79 Å². The molecule has 20 heavy (non-hydrogen) atoms. The molecule has 1 aliphatic heterocycles. The number of hydrogen-bond acceptors (Lipinski definition) is 3. The minimum atomic E-state index is -0.230. The molecule has 0 bridgehead atoms. The topological polar surface area (TPSA) is 41.6 Å². The highest BCUT2D eigenvalue weighted by Gasteiger charge is 2.30. The van der Waals surface area contributed by atoms with E-state index in [4.69, 9.17) is 4.74 Å². The van der Waals surface area contributed by atoms with Crippen LogP contribution in [0, 0.1) is 0 Å². The first-order valence-corrected chi connectivity index (χ1v) is 8.50. The van der Waals surface area contributed by atoms with Crippen molar-refractivity contribution in [1.29, 1.82) is 0 Å². The summed E-state index contributed by atoms with van der Waals surface area (Å²) in [5.41, 5.74) is 0. The summed E-state index contributed by atoms with van der Waals surface area (Å²) in [6.45, 7) is 3.77. The quantitative estimate of drug-likeness (QED) is 0.782. The fourth-order valence-electron chi connectivity index (χ4n) is 3.45. The van der Waals surface area contributed by atoms with Crippen LogP contribution in [-0.4, -0.2) is 36.4 Å². The van der Waals surface area contributed by atoms with E-state index in [2.05, 4.69) is 17.1 Å². The Hall–Kier alpha value is -0.770. The molecular formula is C16H30N2O2. The minimum Gasteiger partial charge on any atom is -0.450 e. The first kappa shape index (κ1) is 15.6. The lowest BCUT2D eigenvalue weighted by Crippen LogP contribution is -2.55. The van der Waals surface area contributed by atoms with Gasteiger partial charge in [-0.05, 0) is 38.5 Å². The number of amides is 1. The summed E-state index contributed by atoms with van der Waals surface area (Å²) < 4.78 is 5.24. The van der Waals surface area contributed by atoms with Crippen molar-refractivity contribution in [1.82, 2.24) is 10.2 Å². The monoisotopic (exact) mass is 282 g/mol. The maximum Gasteiger partial charge on any atom is 0.408 e. The number of piperidine rings is 1. The number of hydrogen-bond donors (Lipinski definition) is 1. The van der Waals surface area contributed by atoms with Crippen molar-refractivity contribution in [3.05, 3.63) is 0 Å². The third-order valence-electron chi connectivity index (χ3n) is 4.60. The number of unbranched alkanes of at least 4 members (excludes halogenated alkanes) is 1. The molecule has 1 aliphatic carbocycles. The van der Waals surface area contributed by atoms with Gasteiger partial charge in [0.1, 0.15) is 0 Å². The zero-order valence-corrected chi connectivity index (χ0v) is 12.9. The van der Waals surface area contributed by atoms with E-state index in [1.54, 1.807) is 0 Å². The van der Waals surface area contributed by atoms with E-state index < -0.39 is 0 Å². The molecule has 2 aliphatic rings. The molecule has 1 heterocycles. The summed E-state index contributed by atoms with van der Waals surface area (Å²) in [6, 6.07) is 0.671. The lowest BCUT2D eigenvalue weighted by molar-refractivity contribution is 0.0480. The molecule has 1 saturated carbocycles. The summed E-state index contributed by atoms with van der Waals surface area (Å²) in [7, 11) is 0. The highest BCUT2D eigenvalue weighted by atomic mass is 16.5. The van der Waals surface area contributed by atoms with Gasteiger partial charge in [-0.25, -0.2) is 4.79 Å². The van der Waals surface area contributed by atoms with Crippen molar-refractivity contribution in [2.75, 3.05) is 13.2 Å². The standard InChI is InChI=1S/C16H30N2O2/c1-2-3-13-20-16(19)17-15-11-7-8-12-18(15)14-9-5-4-6-10-14/h14-15H,2-13H2,1H3,(H,17,19). The number of nitrogens with zero attached hydrogens (tertiary/aromatic N) is 1. The van der Waals surface area contributed by atoms with E-state index in [1.807, 2.05) is 0 Å². The summed E-state index contributed by atoms with van der Waals surface area (Å²) in [6.07, 6.45) is 12.2. The fourth-order valence-corrected chi connectivity index (χ4v) is 3.45. The maximum atomic E-state index is 11.9. The molecule has 0 spiro atoms. The summed E-state index contributed by atoms with van der Waals surface area (Å²) in [4.78, 5) is 14.4. The average Bonchev–Trinajstić information content (AvgIpc) is 2.49. The van der Waals surface area contributed by atoms with Crippen molar-refractivity contribution in [3.8, 4) is 0 Å². The smallest absolute Gasteiger partial charge is 0.408 e. The van der Waals surface area contributed by atoms with Gasteiger partial charge in [-0.2, -0.15) is 0 Å². The number of alkyl carbamates (subject to hydrolysis) is 1. The molecule has 1 N–H and O–H groups in total. The van der Waals surface area contributed by atoms with Crippen molar-refractivity contribution >= 4 is 6.09 Å². The molecule has 1 amide bonds. The van der Waals surface area contributed by atoms with Crippen LogP contribution in [0.2, 0.25) is 0 Å². The molecule has 1 atom stereocenters. The Labute approximate surface area is 123 Å². The first-order valence-electron chi connectivity index (χ1n) is 8.50. The number of nitrogens with one attached hydrogen (secondary N) is 1. The Kier molecular flexibility index (Phi) is 6.64. The van der Waals surface area contributed by atoms with Crippen molar-refractivity contribution < 1.29 is 9.53 Å². The van der Waals surface area contributed by atoms with Crippen molar-refractivity contribution in [3.63, 3.8) is 0 Å². The Morgan fingerprint density at radius 2 is 1.90 bits per heavy atom. The lowest BCUT2D eigenvalue weighted by Gasteiger charge is -2.42. The second kappa shape index (κ2) is 8.50. The normalized spacial score (nSPS) is 25.4. The highest BCUT2D eigenvalue weighted by molar-refractivity contribution is 5.67. The number of likely N-dealkylation sites (tertiary alicyclic amines) is 1. The number of carbonyl (C=O) groups excluding carboxylic acids is 1. The fraction of sp³-hybridized carbons (Fsp3) is 0.938. The van der Waals surface area contributed by atoms with E-state index in [0.29, 0.717) is 12.6 Å². The van der Waals surface area contributed by atoms with Crippen molar-refractivity contribution in [2.24, 2.45) is 0 Å². The molecule has 2 fully saturated rings. The predicted octanol–water partition coefficient (Wildman–Crippen LogP) is 3.66. The molecule has 4 nitrogen and oxygen atoms in total. The maximum absolute atomic E-state index is 11.9. The molecule has 4 heteroatoms. The second-order valence-corrected chi connectivity index (χ2v) is 6.18. The van der Waals surface area contributed by atoms with E-state index in [0.717, 1.165) is 25.8 Å². The Bertz CT molecular complexity index is 290. The molecule has 116 valence electrons. The first-order chi connectivity index (χ1) is 9.81. The van der Waals surface area contributed by atoms with Gasteiger partial charge in [0.2, 0.25) is 0 Å². The van der Waals surface area contributed by atoms with Crippen molar-refractivity contribution in [2.45, 2.75) is 83.3 Å². The molecule has 1 saturated heterocycles. The largest absolute Gasteiger partial charge is 0.450 e. The minimum absolute atomic E-state index is 0.195. The highest BCUT2D eigenvalue weighted by Crippen LogP contribution is 2.27. The van der Waals surface area contributed by atoms with Crippen LogP contribution in [0.15, 0.2) is 0 Å². The number of ether oxygens (including phenoxy) is 1. The van der Waals surface area contributed by atoms with E-state index in [1.165, 1.54) is 44.9 Å². The van der Waals surface area contributed by atoms with Crippen LogP contribution in [0.3, 0.4) is 0 Å². The van der Waals surface area contributed by atoms with Gasteiger partial charge in [0, 0.05) is 12.6 Å². The van der Waals surface area contributed by atoms with Crippen LogP contribution >= 0.6 is 0 Å². The second-order valence-electron chi connectivity index (χ2n) is 6.18.